The van der Waals surface area contributed by atoms with Crippen molar-refractivity contribution in [1.82, 2.24) is 10.6 Å². The van der Waals surface area contributed by atoms with E-state index in [-0.39, 0.29) is 17.7 Å². The highest BCUT2D eigenvalue weighted by molar-refractivity contribution is 7.12. The normalized spacial score (nSPS) is 12.5. The number of carbonyl (C=O) groups is 2. The number of nitrogens with one attached hydrogen (secondary N) is 2. The molecule has 0 spiro atoms. The lowest BCUT2D eigenvalue weighted by atomic mass is 10.0. The minimum atomic E-state index is -0.487. The summed E-state index contributed by atoms with van der Waals surface area (Å²) in [6, 6.07) is 3.10. The Hall–Kier alpha value is -1.36. The molecule has 0 aliphatic rings. The molecular formula is C16H26N2O2S. The van der Waals surface area contributed by atoms with Crippen molar-refractivity contribution in [3.05, 3.63) is 22.4 Å². The van der Waals surface area contributed by atoms with Crippen LogP contribution in [-0.4, -0.2) is 24.4 Å². The number of hydrogen-bond donors (Lipinski definition) is 2. The van der Waals surface area contributed by atoms with Gasteiger partial charge in [0.1, 0.15) is 6.04 Å². The van der Waals surface area contributed by atoms with Crippen molar-refractivity contribution >= 4 is 23.2 Å². The van der Waals surface area contributed by atoms with Gasteiger partial charge in [0, 0.05) is 6.54 Å². The first kappa shape index (κ1) is 17.7. The topological polar surface area (TPSA) is 58.2 Å². The summed E-state index contributed by atoms with van der Waals surface area (Å²) in [6.45, 7) is 8.87. The molecule has 2 N–H and O–H groups in total. The Morgan fingerprint density at radius 2 is 1.95 bits per heavy atom. The second-order valence-corrected chi connectivity index (χ2v) is 6.95. The zero-order valence-electron chi connectivity index (χ0n) is 13.3. The summed E-state index contributed by atoms with van der Waals surface area (Å²) in [5, 5.41) is 7.60. The van der Waals surface area contributed by atoms with E-state index < -0.39 is 6.04 Å². The molecule has 2 amide bonds. The lowest BCUT2D eigenvalue weighted by molar-refractivity contribution is -0.123. The van der Waals surface area contributed by atoms with Crippen LogP contribution in [0.5, 0.6) is 0 Å². The van der Waals surface area contributed by atoms with Crippen molar-refractivity contribution < 1.29 is 9.59 Å². The van der Waals surface area contributed by atoms with Crippen LogP contribution in [0.15, 0.2) is 17.5 Å². The molecule has 1 aromatic heterocycles. The van der Waals surface area contributed by atoms with Gasteiger partial charge in [-0.25, -0.2) is 0 Å². The Morgan fingerprint density at radius 1 is 1.24 bits per heavy atom. The van der Waals surface area contributed by atoms with E-state index in [1.54, 1.807) is 6.07 Å². The molecular weight excluding hydrogens is 284 g/mol. The van der Waals surface area contributed by atoms with Crippen LogP contribution in [0.4, 0.5) is 0 Å². The molecule has 1 heterocycles. The molecule has 0 aromatic carbocycles. The number of amides is 2. The fourth-order valence-electron chi connectivity index (χ4n) is 1.99. The quantitative estimate of drug-likeness (QED) is 0.725. The van der Waals surface area contributed by atoms with Crippen LogP contribution < -0.4 is 10.6 Å². The monoisotopic (exact) mass is 310 g/mol. The molecule has 4 nitrogen and oxygen atoms in total. The minimum absolute atomic E-state index is 0.0546. The van der Waals surface area contributed by atoms with Crippen LogP contribution in [0.2, 0.25) is 0 Å². The molecule has 0 saturated carbocycles. The standard InChI is InChI=1S/C16H26N2O2S/c1-11(2)7-5-9-17-16(20)14(12(3)4)18-15(19)13-8-6-10-21-13/h6,8,10-12,14H,5,7,9H2,1-4H3,(H,17,20)(H,18,19)/t14-/m0/s1. The molecule has 0 saturated heterocycles. The molecule has 0 radical (unpaired) electrons. The third-order valence-electron chi connectivity index (χ3n) is 3.24. The third kappa shape index (κ3) is 6.29. The summed E-state index contributed by atoms with van der Waals surface area (Å²) in [7, 11) is 0. The summed E-state index contributed by atoms with van der Waals surface area (Å²) in [5.41, 5.74) is 0. The Balaban J connectivity index is 2.48. The van der Waals surface area contributed by atoms with Gasteiger partial charge in [0.05, 0.1) is 4.88 Å². The Bertz CT molecular complexity index is 441. The van der Waals surface area contributed by atoms with Crippen LogP contribution in [0, 0.1) is 11.8 Å². The fourth-order valence-corrected chi connectivity index (χ4v) is 2.61. The highest BCUT2D eigenvalue weighted by Gasteiger charge is 2.24. The molecule has 1 aromatic rings. The van der Waals surface area contributed by atoms with E-state index in [9.17, 15) is 9.59 Å². The van der Waals surface area contributed by atoms with E-state index in [4.69, 9.17) is 0 Å². The molecule has 0 aliphatic heterocycles. The van der Waals surface area contributed by atoms with Gasteiger partial charge in [-0.3, -0.25) is 9.59 Å². The van der Waals surface area contributed by atoms with Gasteiger partial charge in [-0.15, -0.1) is 11.3 Å². The van der Waals surface area contributed by atoms with Crippen molar-refractivity contribution in [3.8, 4) is 0 Å². The predicted octanol–water partition coefficient (Wildman–Crippen LogP) is 3.05. The molecule has 0 unspecified atom stereocenters. The fraction of sp³-hybridized carbons (Fsp3) is 0.625. The van der Waals surface area contributed by atoms with Gasteiger partial charge in [-0.2, -0.15) is 0 Å². The Kier molecular flexibility index (Phi) is 7.43. The van der Waals surface area contributed by atoms with Crippen LogP contribution in [-0.2, 0) is 4.79 Å². The summed E-state index contributed by atoms with van der Waals surface area (Å²) >= 11 is 1.38. The maximum Gasteiger partial charge on any atom is 0.262 e. The molecule has 1 rings (SSSR count). The van der Waals surface area contributed by atoms with E-state index in [2.05, 4.69) is 24.5 Å². The maximum absolute atomic E-state index is 12.2. The molecule has 0 bridgehead atoms. The van der Waals surface area contributed by atoms with E-state index in [0.29, 0.717) is 17.3 Å². The average Bonchev–Trinajstić information content (AvgIpc) is 2.93. The SMILES string of the molecule is CC(C)CCCNC(=O)[C@@H](NC(=O)c1cccs1)C(C)C. The first-order chi connectivity index (χ1) is 9.91. The van der Waals surface area contributed by atoms with Gasteiger partial charge in [0.2, 0.25) is 5.91 Å². The molecule has 0 aliphatic carbocycles. The zero-order chi connectivity index (χ0) is 15.8. The molecule has 118 valence electrons. The second-order valence-electron chi connectivity index (χ2n) is 6.00. The van der Waals surface area contributed by atoms with Crippen molar-refractivity contribution in [2.24, 2.45) is 11.8 Å². The lowest BCUT2D eigenvalue weighted by Crippen LogP contribution is -2.49. The second kappa shape index (κ2) is 8.82. The van der Waals surface area contributed by atoms with Crippen LogP contribution in [0.25, 0.3) is 0 Å². The van der Waals surface area contributed by atoms with E-state index in [1.807, 2.05) is 25.3 Å². The summed E-state index contributed by atoms with van der Waals surface area (Å²) in [6.07, 6.45) is 2.06. The van der Waals surface area contributed by atoms with Gasteiger partial charge >= 0.3 is 0 Å². The Morgan fingerprint density at radius 3 is 2.48 bits per heavy atom. The van der Waals surface area contributed by atoms with Crippen LogP contribution in [0.3, 0.4) is 0 Å². The predicted molar refractivity (Wildman–Crippen MR) is 87.5 cm³/mol. The minimum Gasteiger partial charge on any atom is -0.354 e. The van der Waals surface area contributed by atoms with Gasteiger partial charge in [-0.1, -0.05) is 33.8 Å². The van der Waals surface area contributed by atoms with Crippen molar-refractivity contribution in [2.75, 3.05) is 6.54 Å². The molecule has 1 atom stereocenters. The van der Waals surface area contributed by atoms with Crippen LogP contribution in [0.1, 0.15) is 50.2 Å². The molecule has 21 heavy (non-hydrogen) atoms. The van der Waals surface area contributed by atoms with Crippen molar-refractivity contribution in [3.63, 3.8) is 0 Å². The third-order valence-corrected chi connectivity index (χ3v) is 4.11. The summed E-state index contributed by atoms with van der Waals surface area (Å²) in [5.74, 6) is 0.417. The van der Waals surface area contributed by atoms with E-state index in [1.165, 1.54) is 11.3 Å². The smallest absolute Gasteiger partial charge is 0.262 e. The van der Waals surface area contributed by atoms with Gasteiger partial charge in [0.25, 0.3) is 5.91 Å². The van der Waals surface area contributed by atoms with E-state index in [0.717, 1.165) is 12.8 Å². The molecule has 5 heteroatoms. The summed E-state index contributed by atoms with van der Waals surface area (Å²) in [4.78, 5) is 24.9. The lowest BCUT2D eigenvalue weighted by Gasteiger charge is -2.21. The zero-order valence-corrected chi connectivity index (χ0v) is 14.1. The first-order valence-electron chi connectivity index (χ1n) is 7.54. The van der Waals surface area contributed by atoms with Gasteiger partial charge < -0.3 is 10.6 Å². The van der Waals surface area contributed by atoms with Gasteiger partial charge in [-0.05, 0) is 36.1 Å². The number of hydrogen-bond acceptors (Lipinski definition) is 3. The van der Waals surface area contributed by atoms with Crippen LogP contribution >= 0.6 is 11.3 Å². The van der Waals surface area contributed by atoms with Crippen molar-refractivity contribution in [1.29, 1.82) is 0 Å². The highest BCUT2D eigenvalue weighted by Crippen LogP contribution is 2.10. The average molecular weight is 310 g/mol. The maximum atomic E-state index is 12.2. The largest absolute Gasteiger partial charge is 0.354 e. The molecule has 0 fully saturated rings. The van der Waals surface area contributed by atoms with Crippen molar-refractivity contribution in [2.45, 2.75) is 46.6 Å². The Labute approximate surface area is 131 Å². The number of rotatable bonds is 8. The first-order valence-corrected chi connectivity index (χ1v) is 8.41. The highest BCUT2D eigenvalue weighted by atomic mass is 32.1. The number of thiophene rings is 1. The van der Waals surface area contributed by atoms with E-state index >= 15 is 0 Å². The number of carbonyl (C=O) groups excluding carboxylic acids is 2. The summed E-state index contributed by atoms with van der Waals surface area (Å²) < 4.78 is 0. The van der Waals surface area contributed by atoms with Gasteiger partial charge in [0.15, 0.2) is 0 Å².